The lowest BCUT2D eigenvalue weighted by molar-refractivity contribution is -0.156. The number of nitrogens with zero attached hydrogens (tertiary/aromatic N) is 2. The van der Waals surface area contributed by atoms with Gasteiger partial charge >= 0.3 is 5.97 Å². The van der Waals surface area contributed by atoms with E-state index in [2.05, 4.69) is 4.98 Å². The summed E-state index contributed by atoms with van der Waals surface area (Å²) in [5.74, 6) is -0.302. The van der Waals surface area contributed by atoms with Crippen LogP contribution in [0.15, 0.2) is 48.7 Å². The van der Waals surface area contributed by atoms with E-state index in [9.17, 15) is 14.4 Å². The molecule has 30 heavy (non-hydrogen) atoms. The number of rotatable bonds is 5. The number of piperidine rings is 1. The highest BCUT2D eigenvalue weighted by molar-refractivity contribution is 5.94. The zero-order chi connectivity index (χ0) is 21.9. The van der Waals surface area contributed by atoms with Gasteiger partial charge in [-0.2, -0.15) is 0 Å². The molecular weight excluding hydrogens is 384 g/mol. The van der Waals surface area contributed by atoms with E-state index in [4.69, 9.17) is 9.47 Å². The summed E-state index contributed by atoms with van der Waals surface area (Å²) in [5.41, 5.74) is -1.18. The predicted molar refractivity (Wildman–Crippen MR) is 110 cm³/mol. The van der Waals surface area contributed by atoms with Crippen molar-refractivity contribution in [3.05, 3.63) is 54.2 Å². The van der Waals surface area contributed by atoms with Crippen LogP contribution in [-0.2, 0) is 14.3 Å². The van der Waals surface area contributed by atoms with E-state index in [1.54, 1.807) is 23.1 Å². The van der Waals surface area contributed by atoms with Crippen molar-refractivity contribution in [2.45, 2.75) is 51.6 Å². The number of esters is 1. The number of carbonyl (C=O) groups is 3. The summed E-state index contributed by atoms with van der Waals surface area (Å²) < 4.78 is 11.0. The minimum atomic E-state index is -0.703. The maximum Gasteiger partial charge on any atom is 0.344 e. The number of likely N-dealkylation sites (tertiary alicyclic amines) is 1. The summed E-state index contributed by atoms with van der Waals surface area (Å²) in [6, 6.07) is 12.1. The fraction of sp³-hybridized carbons (Fsp3) is 0.391. The molecule has 0 aliphatic carbocycles. The van der Waals surface area contributed by atoms with E-state index in [0.29, 0.717) is 5.75 Å². The fourth-order valence-corrected chi connectivity index (χ4v) is 4.18. The van der Waals surface area contributed by atoms with Crippen LogP contribution >= 0.6 is 0 Å². The summed E-state index contributed by atoms with van der Waals surface area (Å²) >= 11 is 0. The Balaban J connectivity index is 1.71. The molecule has 158 valence electrons. The minimum absolute atomic E-state index is 0.102. The molecule has 7 heteroatoms. The van der Waals surface area contributed by atoms with Gasteiger partial charge in [-0.1, -0.05) is 18.2 Å². The number of para-hydroxylation sites is 1. The molecule has 1 saturated heterocycles. The Bertz CT molecular complexity index is 933. The Hall–Kier alpha value is -3.22. The van der Waals surface area contributed by atoms with Crippen LogP contribution in [0, 0.1) is 0 Å². The Morgan fingerprint density at radius 3 is 2.27 bits per heavy atom. The standard InChI is InChI=1S/C23H26N2O5/c1-22(2)13-16(26)14-23(3,4)25(22)19(27)15-29-21(28)18-11-8-12-24-20(18)30-17-9-6-5-7-10-17/h5-12H,13-15H2,1-4H3. The number of amides is 1. The third-order valence-electron chi connectivity index (χ3n) is 5.00. The van der Waals surface area contributed by atoms with Gasteiger partial charge in [-0.15, -0.1) is 0 Å². The van der Waals surface area contributed by atoms with Crippen LogP contribution in [-0.4, -0.2) is 45.2 Å². The summed E-state index contributed by atoms with van der Waals surface area (Å²) in [6.07, 6.45) is 2.05. The quantitative estimate of drug-likeness (QED) is 0.698. The molecular formula is C23H26N2O5. The fourth-order valence-electron chi connectivity index (χ4n) is 4.18. The number of benzene rings is 1. The second-order valence-electron chi connectivity index (χ2n) is 8.59. The second-order valence-corrected chi connectivity index (χ2v) is 8.59. The molecule has 0 radical (unpaired) electrons. The van der Waals surface area contributed by atoms with Crippen molar-refractivity contribution in [2.24, 2.45) is 0 Å². The monoisotopic (exact) mass is 410 g/mol. The van der Waals surface area contributed by atoms with Gasteiger partial charge in [0.05, 0.1) is 0 Å². The SMILES string of the molecule is CC1(C)CC(=O)CC(C)(C)N1C(=O)COC(=O)c1cccnc1Oc1ccccc1. The van der Waals surface area contributed by atoms with Crippen molar-refractivity contribution in [1.82, 2.24) is 9.88 Å². The predicted octanol–water partition coefficient (Wildman–Crippen LogP) is 3.78. The highest BCUT2D eigenvalue weighted by atomic mass is 16.5. The zero-order valence-corrected chi connectivity index (χ0v) is 17.7. The van der Waals surface area contributed by atoms with Crippen LogP contribution < -0.4 is 4.74 Å². The first-order chi connectivity index (χ1) is 14.1. The molecule has 1 aromatic heterocycles. The maximum absolute atomic E-state index is 12.9. The summed E-state index contributed by atoms with van der Waals surface area (Å²) in [4.78, 5) is 43.4. The number of aromatic nitrogens is 1. The van der Waals surface area contributed by atoms with Crippen molar-refractivity contribution in [3.63, 3.8) is 0 Å². The van der Waals surface area contributed by atoms with Crippen LogP contribution in [0.3, 0.4) is 0 Å². The van der Waals surface area contributed by atoms with Crippen molar-refractivity contribution in [2.75, 3.05) is 6.61 Å². The molecule has 3 rings (SSSR count). The molecule has 0 bridgehead atoms. The highest BCUT2D eigenvalue weighted by Gasteiger charge is 2.47. The van der Waals surface area contributed by atoms with Gasteiger partial charge in [0.25, 0.3) is 5.91 Å². The largest absolute Gasteiger partial charge is 0.452 e. The topological polar surface area (TPSA) is 85.8 Å². The molecule has 1 amide bonds. The van der Waals surface area contributed by atoms with E-state index in [-0.39, 0.29) is 36.0 Å². The van der Waals surface area contributed by atoms with Crippen molar-refractivity contribution < 1.29 is 23.9 Å². The molecule has 1 aromatic carbocycles. The lowest BCUT2D eigenvalue weighted by Crippen LogP contribution is -2.63. The van der Waals surface area contributed by atoms with Crippen molar-refractivity contribution >= 4 is 17.7 Å². The van der Waals surface area contributed by atoms with Crippen LogP contribution in [0.5, 0.6) is 11.6 Å². The molecule has 2 aromatic rings. The van der Waals surface area contributed by atoms with Crippen molar-refractivity contribution in [3.8, 4) is 11.6 Å². The molecule has 1 aliphatic rings. The maximum atomic E-state index is 12.9. The van der Waals surface area contributed by atoms with E-state index >= 15 is 0 Å². The van der Waals surface area contributed by atoms with Crippen LogP contribution in [0.25, 0.3) is 0 Å². The lowest BCUT2D eigenvalue weighted by Gasteiger charge is -2.51. The summed E-state index contributed by atoms with van der Waals surface area (Å²) in [5, 5.41) is 0. The van der Waals surface area contributed by atoms with Gasteiger partial charge in [0, 0.05) is 30.1 Å². The number of hydrogen-bond donors (Lipinski definition) is 0. The summed E-state index contributed by atoms with van der Waals surface area (Å²) in [7, 11) is 0. The molecule has 0 N–H and O–H groups in total. The first-order valence-corrected chi connectivity index (χ1v) is 9.80. The van der Waals surface area contributed by atoms with Crippen molar-refractivity contribution in [1.29, 1.82) is 0 Å². The van der Waals surface area contributed by atoms with Crippen LogP contribution in [0.4, 0.5) is 0 Å². The number of carbonyl (C=O) groups excluding carboxylic acids is 3. The molecule has 2 heterocycles. The van der Waals surface area contributed by atoms with Gasteiger partial charge in [-0.3, -0.25) is 9.59 Å². The normalized spacial score (nSPS) is 17.3. The smallest absolute Gasteiger partial charge is 0.344 e. The first kappa shape index (κ1) is 21.5. The number of hydrogen-bond acceptors (Lipinski definition) is 6. The Morgan fingerprint density at radius 2 is 1.63 bits per heavy atom. The molecule has 1 fully saturated rings. The molecule has 0 saturated carbocycles. The zero-order valence-electron chi connectivity index (χ0n) is 17.7. The van der Waals surface area contributed by atoms with Gasteiger partial charge in [0.1, 0.15) is 17.1 Å². The van der Waals surface area contributed by atoms with Gasteiger partial charge in [-0.25, -0.2) is 9.78 Å². The Morgan fingerprint density at radius 1 is 1.00 bits per heavy atom. The Labute approximate surface area is 176 Å². The third-order valence-corrected chi connectivity index (χ3v) is 5.00. The lowest BCUT2D eigenvalue weighted by atomic mass is 9.79. The van der Waals surface area contributed by atoms with E-state index in [1.165, 1.54) is 12.3 Å². The average Bonchev–Trinajstić information content (AvgIpc) is 2.65. The van der Waals surface area contributed by atoms with Gasteiger partial charge in [0.15, 0.2) is 6.61 Å². The third kappa shape index (κ3) is 4.67. The second kappa shape index (κ2) is 8.26. The van der Waals surface area contributed by atoms with Crippen LogP contribution in [0.2, 0.25) is 0 Å². The van der Waals surface area contributed by atoms with Gasteiger partial charge in [0.2, 0.25) is 5.88 Å². The van der Waals surface area contributed by atoms with Gasteiger partial charge in [-0.05, 0) is 52.0 Å². The van der Waals surface area contributed by atoms with E-state index < -0.39 is 23.7 Å². The molecule has 0 unspecified atom stereocenters. The summed E-state index contributed by atoms with van der Waals surface area (Å²) in [6.45, 7) is 6.95. The van der Waals surface area contributed by atoms with Gasteiger partial charge < -0.3 is 14.4 Å². The molecule has 7 nitrogen and oxygen atoms in total. The minimum Gasteiger partial charge on any atom is -0.452 e. The van der Waals surface area contributed by atoms with E-state index in [0.717, 1.165) is 0 Å². The molecule has 1 aliphatic heterocycles. The number of Topliss-reactive ketones (excluding diaryl/α,β-unsaturated/α-hetero) is 1. The number of pyridine rings is 1. The number of ether oxygens (including phenoxy) is 2. The van der Waals surface area contributed by atoms with E-state index in [1.807, 2.05) is 45.9 Å². The Kier molecular flexibility index (Phi) is 5.92. The molecule has 0 atom stereocenters. The molecule has 0 spiro atoms. The number of ketones is 1. The highest BCUT2D eigenvalue weighted by Crippen LogP contribution is 2.36. The average molecular weight is 410 g/mol. The first-order valence-electron chi connectivity index (χ1n) is 9.80. The van der Waals surface area contributed by atoms with Crippen LogP contribution in [0.1, 0.15) is 50.9 Å².